The number of amides is 2. The van der Waals surface area contributed by atoms with Crippen LogP contribution < -0.4 is 5.32 Å². The van der Waals surface area contributed by atoms with E-state index in [4.69, 9.17) is 0 Å². The summed E-state index contributed by atoms with van der Waals surface area (Å²) in [5, 5.41) is 5.34. The second-order valence-electron chi connectivity index (χ2n) is 5.88. The Balaban J connectivity index is 1.42. The fourth-order valence-electron chi connectivity index (χ4n) is 2.79. The van der Waals surface area contributed by atoms with Crippen LogP contribution in [0, 0.1) is 0 Å². The molecular weight excluding hydrogens is 368 g/mol. The van der Waals surface area contributed by atoms with Gasteiger partial charge in [-0.25, -0.2) is 4.98 Å². The van der Waals surface area contributed by atoms with Crippen LogP contribution in [0.25, 0.3) is 0 Å². The van der Waals surface area contributed by atoms with Gasteiger partial charge < -0.3 is 4.90 Å². The van der Waals surface area contributed by atoms with E-state index < -0.39 is 0 Å². The predicted molar refractivity (Wildman–Crippen MR) is 101 cm³/mol. The molecule has 0 radical (unpaired) electrons. The number of nitrogens with zero attached hydrogens (tertiary/aromatic N) is 3. The van der Waals surface area contributed by atoms with Crippen LogP contribution in [0.4, 0.5) is 5.13 Å². The number of nitrogens with one attached hydrogen (secondary N) is 1. The number of anilines is 1. The summed E-state index contributed by atoms with van der Waals surface area (Å²) in [5.41, 5.74) is 1.32. The topological polar surface area (TPSA) is 75.2 Å². The van der Waals surface area contributed by atoms with Crippen molar-refractivity contribution in [3.8, 4) is 0 Å². The molecule has 0 spiro atoms. The molecule has 1 N–H and O–H groups in total. The first-order valence-corrected chi connectivity index (χ1v) is 9.90. The van der Waals surface area contributed by atoms with Crippen molar-refractivity contribution >= 4 is 39.6 Å². The second kappa shape index (κ2) is 7.35. The third-order valence-corrected chi connectivity index (χ3v) is 5.98. The Kier molecular flexibility index (Phi) is 4.77. The molecule has 26 heavy (non-hydrogen) atoms. The van der Waals surface area contributed by atoms with Crippen molar-refractivity contribution in [3.05, 3.63) is 63.1 Å². The van der Waals surface area contributed by atoms with Gasteiger partial charge >= 0.3 is 0 Å². The standard InChI is InChI=1S/C18H16N4O2S2/c23-16(10-12-4-3-9-25-12)22-8-6-13-15(11-22)26-18(20-13)21-17(24)14-5-1-2-7-19-14/h1-5,7,9H,6,8,10-11H2,(H,20,21,24). The van der Waals surface area contributed by atoms with E-state index in [1.54, 1.807) is 35.7 Å². The summed E-state index contributed by atoms with van der Waals surface area (Å²) in [7, 11) is 0. The zero-order valence-corrected chi connectivity index (χ0v) is 15.5. The number of carbonyl (C=O) groups is 2. The minimum Gasteiger partial charge on any atom is -0.337 e. The molecule has 0 fully saturated rings. The molecule has 4 rings (SSSR count). The zero-order chi connectivity index (χ0) is 17.9. The number of fused-ring (bicyclic) bond motifs is 1. The summed E-state index contributed by atoms with van der Waals surface area (Å²) in [5.74, 6) is -0.145. The Morgan fingerprint density at radius 1 is 1.23 bits per heavy atom. The molecule has 8 heteroatoms. The van der Waals surface area contributed by atoms with E-state index in [1.165, 1.54) is 11.3 Å². The lowest BCUT2D eigenvalue weighted by atomic mass is 10.1. The number of hydrogen-bond donors (Lipinski definition) is 1. The summed E-state index contributed by atoms with van der Waals surface area (Å²) in [6.45, 7) is 1.21. The molecule has 0 saturated carbocycles. The molecule has 0 saturated heterocycles. The Hall–Kier alpha value is -2.58. The molecule has 0 aliphatic carbocycles. The Morgan fingerprint density at radius 3 is 2.92 bits per heavy atom. The van der Waals surface area contributed by atoms with Crippen molar-refractivity contribution in [2.45, 2.75) is 19.4 Å². The third kappa shape index (κ3) is 3.66. The summed E-state index contributed by atoms with van der Waals surface area (Å²) in [6.07, 6.45) is 2.73. The van der Waals surface area contributed by atoms with Gasteiger partial charge in [-0.3, -0.25) is 19.9 Å². The number of aromatic nitrogens is 2. The molecule has 132 valence electrons. The summed E-state index contributed by atoms with van der Waals surface area (Å²) >= 11 is 3.02. The van der Waals surface area contributed by atoms with Crippen LogP contribution in [0.5, 0.6) is 0 Å². The lowest BCUT2D eigenvalue weighted by molar-refractivity contribution is -0.131. The molecule has 4 heterocycles. The maximum Gasteiger partial charge on any atom is 0.276 e. The summed E-state index contributed by atoms with van der Waals surface area (Å²) < 4.78 is 0. The number of hydrogen-bond acceptors (Lipinski definition) is 6. The maximum absolute atomic E-state index is 12.5. The molecule has 0 bridgehead atoms. The van der Waals surface area contributed by atoms with Crippen LogP contribution >= 0.6 is 22.7 Å². The van der Waals surface area contributed by atoms with E-state index >= 15 is 0 Å². The zero-order valence-electron chi connectivity index (χ0n) is 13.8. The van der Waals surface area contributed by atoms with Gasteiger partial charge in [0.2, 0.25) is 5.91 Å². The van der Waals surface area contributed by atoms with Gasteiger partial charge in [-0.15, -0.1) is 11.3 Å². The van der Waals surface area contributed by atoms with Crippen LogP contribution in [0.2, 0.25) is 0 Å². The highest BCUT2D eigenvalue weighted by atomic mass is 32.1. The monoisotopic (exact) mass is 384 g/mol. The van der Waals surface area contributed by atoms with Crippen molar-refractivity contribution in [1.29, 1.82) is 0 Å². The first-order chi connectivity index (χ1) is 12.7. The lowest BCUT2D eigenvalue weighted by Gasteiger charge is -2.25. The van der Waals surface area contributed by atoms with Crippen LogP contribution in [-0.2, 0) is 24.2 Å². The third-order valence-electron chi connectivity index (χ3n) is 4.11. The molecule has 0 aromatic carbocycles. The molecule has 3 aromatic rings. The van der Waals surface area contributed by atoms with Crippen LogP contribution in [0.15, 0.2) is 41.9 Å². The Morgan fingerprint density at radius 2 is 2.15 bits per heavy atom. The molecule has 2 amide bonds. The molecule has 0 unspecified atom stereocenters. The second-order valence-corrected chi connectivity index (χ2v) is 8.00. The van der Waals surface area contributed by atoms with Crippen LogP contribution in [0.3, 0.4) is 0 Å². The smallest absolute Gasteiger partial charge is 0.276 e. The molecular formula is C18H16N4O2S2. The van der Waals surface area contributed by atoms with Gasteiger partial charge in [0, 0.05) is 28.9 Å². The minimum atomic E-state index is -0.276. The average molecular weight is 384 g/mol. The van der Waals surface area contributed by atoms with Crippen molar-refractivity contribution in [2.75, 3.05) is 11.9 Å². The number of rotatable bonds is 4. The minimum absolute atomic E-state index is 0.130. The van der Waals surface area contributed by atoms with Crippen molar-refractivity contribution in [3.63, 3.8) is 0 Å². The predicted octanol–water partition coefficient (Wildman–Crippen LogP) is 2.98. The van der Waals surface area contributed by atoms with E-state index in [9.17, 15) is 9.59 Å². The number of thiazole rings is 1. The van der Waals surface area contributed by atoms with Gasteiger partial charge in [0.05, 0.1) is 18.7 Å². The van der Waals surface area contributed by atoms with Gasteiger partial charge in [-0.2, -0.15) is 0 Å². The van der Waals surface area contributed by atoms with E-state index in [2.05, 4.69) is 15.3 Å². The van der Waals surface area contributed by atoms with Gasteiger partial charge in [0.25, 0.3) is 5.91 Å². The first kappa shape index (κ1) is 16.9. The lowest BCUT2D eigenvalue weighted by Crippen LogP contribution is -2.36. The number of carbonyl (C=O) groups excluding carboxylic acids is 2. The Bertz CT molecular complexity index is 922. The normalized spacial score (nSPS) is 13.3. The highest BCUT2D eigenvalue weighted by molar-refractivity contribution is 7.15. The van der Waals surface area contributed by atoms with Crippen molar-refractivity contribution < 1.29 is 9.59 Å². The van der Waals surface area contributed by atoms with E-state index in [1.807, 2.05) is 22.4 Å². The number of pyridine rings is 1. The van der Waals surface area contributed by atoms with Gasteiger partial charge in [-0.1, -0.05) is 23.5 Å². The first-order valence-electron chi connectivity index (χ1n) is 8.20. The van der Waals surface area contributed by atoms with E-state index in [0.29, 0.717) is 36.8 Å². The van der Waals surface area contributed by atoms with Crippen molar-refractivity contribution in [1.82, 2.24) is 14.9 Å². The van der Waals surface area contributed by atoms with E-state index in [-0.39, 0.29) is 11.8 Å². The number of thiophene rings is 1. The summed E-state index contributed by atoms with van der Waals surface area (Å²) in [6, 6.07) is 9.14. The Labute approximate surface area is 158 Å². The highest BCUT2D eigenvalue weighted by Gasteiger charge is 2.25. The highest BCUT2D eigenvalue weighted by Crippen LogP contribution is 2.29. The molecule has 6 nitrogen and oxygen atoms in total. The summed E-state index contributed by atoms with van der Waals surface area (Å²) in [4.78, 5) is 37.2. The van der Waals surface area contributed by atoms with Crippen LogP contribution in [-0.4, -0.2) is 33.2 Å². The molecule has 3 aromatic heterocycles. The fraction of sp³-hybridized carbons (Fsp3) is 0.222. The van der Waals surface area contributed by atoms with Crippen molar-refractivity contribution in [2.24, 2.45) is 0 Å². The van der Waals surface area contributed by atoms with Gasteiger partial charge in [0.15, 0.2) is 5.13 Å². The van der Waals surface area contributed by atoms with E-state index in [0.717, 1.165) is 15.4 Å². The average Bonchev–Trinajstić information content (AvgIpc) is 3.30. The van der Waals surface area contributed by atoms with Gasteiger partial charge in [-0.05, 0) is 23.6 Å². The largest absolute Gasteiger partial charge is 0.337 e. The molecule has 1 aliphatic heterocycles. The molecule has 1 aliphatic rings. The van der Waals surface area contributed by atoms with Gasteiger partial charge in [0.1, 0.15) is 5.69 Å². The van der Waals surface area contributed by atoms with Crippen LogP contribution in [0.1, 0.15) is 25.9 Å². The maximum atomic E-state index is 12.5. The SMILES string of the molecule is O=C(Nc1nc2c(s1)CN(C(=O)Cc1cccs1)CC2)c1ccccn1. The molecule has 0 atom stereocenters. The quantitative estimate of drug-likeness (QED) is 0.750. The fourth-order valence-corrected chi connectivity index (χ4v) is 4.51.